The average molecular weight is 361 g/mol. The summed E-state index contributed by atoms with van der Waals surface area (Å²) < 4.78 is 10.2. The summed E-state index contributed by atoms with van der Waals surface area (Å²) in [7, 11) is 0. The van der Waals surface area contributed by atoms with E-state index in [1.54, 1.807) is 6.92 Å². The number of morpholine rings is 1. The highest BCUT2D eigenvalue weighted by Crippen LogP contribution is 2.13. The van der Waals surface area contributed by atoms with Crippen LogP contribution in [0.5, 0.6) is 0 Å². The van der Waals surface area contributed by atoms with Crippen molar-refractivity contribution >= 4 is 11.8 Å². The highest BCUT2D eigenvalue weighted by molar-refractivity contribution is 5.82. The summed E-state index contributed by atoms with van der Waals surface area (Å²) >= 11 is 0. The van der Waals surface area contributed by atoms with E-state index >= 15 is 0 Å². The van der Waals surface area contributed by atoms with Gasteiger partial charge in [0.25, 0.3) is 0 Å². The monoisotopic (exact) mass is 361 g/mol. The summed E-state index contributed by atoms with van der Waals surface area (Å²) in [6.45, 7) is 6.76. The number of ether oxygens (including phenoxy) is 2. The topological polar surface area (TPSA) is 55.8 Å². The van der Waals surface area contributed by atoms with Crippen molar-refractivity contribution in [1.82, 2.24) is 4.90 Å². The molecule has 2 rings (SSSR count). The summed E-state index contributed by atoms with van der Waals surface area (Å²) in [4.78, 5) is 25.5. The lowest BCUT2D eigenvalue weighted by atomic mass is 10.0. The van der Waals surface area contributed by atoms with Crippen molar-refractivity contribution in [3.8, 4) is 0 Å². The largest absolute Gasteiger partial charge is 0.466 e. The molecule has 26 heavy (non-hydrogen) atoms. The Labute approximate surface area is 156 Å². The Kier molecular flexibility index (Phi) is 9.35. The van der Waals surface area contributed by atoms with Gasteiger partial charge in [-0.1, -0.05) is 24.3 Å². The standard InChI is InChI=1S/C21H31NO4/c1-2-26-21(24)11-10-20(23)9-4-3-6-18-7-5-8-19(16-18)17-22-12-14-25-15-13-22/h5,7-8,16H,2-4,6,9-15,17H2,1H3. The minimum absolute atomic E-state index is 0.152. The van der Waals surface area contributed by atoms with E-state index in [9.17, 15) is 9.59 Å². The van der Waals surface area contributed by atoms with Crippen molar-refractivity contribution in [3.05, 3.63) is 35.4 Å². The number of ketones is 1. The second kappa shape index (κ2) is 11.8. The maximum Gasteiger partial charge on any atom is 0.306 e. The van der Waals surface area contributed by atoms with Crippen LogP contribution in [0.25, 0.3) is 0 Å². The average Bonchev–Trinajstić information content (AvgIpc) is 2.65. The molecular formula is C21H31NO4. The molecule has 0 unspecified atom stereocenters. The molecule has 144 valence electrons. The van der Waals surface area contributed by atoms with Gasteiger partial charge in [-0.2, -0.15) is 0 Å². The number of hydrogen-bond acceptors (Lipinski definition) is 5. The maximum atomic E-state index is 11.8. The third kappa shape index (κ3) is 8.11. The van der Waals surface area contributed by atoms with Crippen LogP contribution in [0, 0.1) is 0 Å². The molecule has 5 nitrogen and oxygen atoms in total. The van der Waals surface area contributed by atoms with E-state index < -0.39 is 0 Å². The van der Waals surface area contributed by atoms with Crippen molar-refractivity contribution in [2.24, 2.45) is 0 Å². The lowest BCUT2D eigenvalue weighted by Crippen LogP contribution is -2.35. The van der Waals surface area contributed by atoms with Gasteiger partial charge in [0.1, 0.15) is 5.78 Å². The fraction of sp³-hybridized carbons (Fsp3) is 0.619. The van der Waals surface area contributed by atoms with E-state index in [0.29, 0.717) is 19.4 Å². The molecule has 0 spiro atoms. The first kappa shape index (κ1) is 20.6. The Hall–Kier alpha value is -1.72. The van der Waals surface area contributed by atoms with Gasteiger partial charge < -0.3 is 9.47 Å². The summed E-state index contributed by atoms with van der Waals surface area (Å²) in [6, 6.07) is 8.73. The first-order chi connectivity index (χ1) is 12.7. The van der Waals surface area contributed by atoms with Gasteiger partial charge in [-0.3, -0.25) is 14.5 Å². The van der Waals surface area contributed by atoms with Gasteiger partial charge in [0, 0.05) is 32.5 Å². The number of carbonyl (C=O) groups excluding carboxylic acids is 2. The molecule has 0 amide bonds. The van der Waals surface area contributed by atoms with E-state index in [2.05, 4.69) is 29.2 Å². The van der Waals surface area contributed by atoms with Gasteiger partial charge in [-0.05, 0) is 37.3 Å². The molecule has 0 N–H and O–H groups in total. The third-order valence-electron chi connectivity index (χ3n) is 4.59. The molecule has 0 saturated carbocycles. The molecule has 1 saturated heterocycles. The molecule has 1 aliphatic heterocycles. The van der Waals surface area contributed by atoms with Crippen molar-refractivity contribution in [2.75, 3.05) is 32.9 Å². The first-order valence-electron chi connectivity index (χ1n) is 9.72. The van der Waals surface area contributed by atoms with Gasteiger partial charge in [-0.25, -0.2) is 0 Å². The second-order valence-corrected chi connectivity index (χ2v) is 6.76. The Bertz CT molecular complexity index is 567. The Balaban J connectivity index is 1.63. The smallest absolute Gasteiger partial charge is 0.306 e. The summed E-state index contributed by atoms with van der Waals surface area (Å²) in [5, 5.41) is 0. The fourth-order valence-corrected chi connectivity index (χ4v) is 3.15. The van der Waals surface area contributed by atoms with Crippen molar-refractivity contribution < 1.29 is 19.1 Å². The molecule has 1 heterocycles. The lowest BCUT2D eigenvalue weighted by Gasteiger charge is -2.26. The van der Waals surface area contributed by atoms with E-state index in [1.807, 2.05) is 0 Å². The molecule has 0 atom stereocenters. The first-order valence-corrected chi connectivity index (χ1v) is 9.72. The zero-order chi connectivity index (χ0) is 18.6. The molecule has 1 aliphatic rings. The minimum Gasteiger partial charge on any atom is -0.466 e. The van der Waals surface area contributed by atoms with Crippen LogP contribution < -0.4 is 0 Å². The van der Waals surface area contributed by atoms with Crippen LogP contribution in [0.3, 0.4) is 0 Å². The number of hydrogen-bond donors (Lipinski definition) is 0. The maximum absolute atomic E-state index is 11.8. The second-order valence-electron chi connectivity index (χ2n) is 6.76. The van der Waals surface area contributed by atoms with Gasteiger partial charge in [-0.15, -0.1) is 0 Å². The highest BCUT2D eigenvalue weighted by atomic mass is 16.5. The molecule has 1 aromatic carbocycles. The van der Waals surface area contributed by atoms with Crippen LogP contribution >= 0.6 is 0 Å². The molecule has 0 bridgehead atoms. The Morgan fingerprint density at radius 2 is 1.85 bits per heavy atom. The number of nitrogens with zero attached hydrogens (tertiary/aromatic N) is 1. The van der Waals surface area contributed by atoms with E-state index in [1.165, 1.54) is 11.1 Å². The number of esters is 1. The molecular weight excluding hydrogens is 330 g/mol. The SMILES string of the molecule is CCOC(=O)CCC(=O)CCCCc1cccc(CN2CCOCC2)c1. The van der Waals surface area contributed by atoms with Gasteiger partial charge in [0.15, 0.2) is 0 Å². The van der Waals surface area contributed by atoms with Gasteiger partial charge >= 0.3 is 5.97 Å². The summed E-state index contributed by atoms with van der Waals surface area (Å²) in [5.41, 5.74) is 2.67. The zero-order valence-corrected chi connectivity index (χ0v) is 15.9. The molecule has 0 radical (unpaired) electrons. The van der Waals surface area contributed by atoms with Crippen LogP contribution in [0.2, 0.25) is 0 Å². The molecule has 0 aliphatic carbocycles. The van der Waals surface area contributed by atoms with Crippen LogP contribution in [-0.2, 0) is 32.0 Å². The predicted octanol–water partition coefficient (Wildman–Crippen LogP) is 3.14. The lowest BCUT2D eigenvalue weighted by molar-refractivity contribution is -0.144. The van der Waals surface area contributed by atoms with E-state index in [-0.39, 0.29) is 18.2 Å². The van der Waals surface area contributed by atoms with Crippen LogP contribution in [0.1, 0.15) is 50.2 Å². The molecule has 0 aromatic heterocycles. The van der Waals surface area contributed by atoms with Crippen LogP contribution in [-0.4, -0.2) is 49.6 Å². The Morgan fingerprint density at radius 1 is 1.08 bits per heavy atom. The summed E-state index contributed by atoms with van der Waals surface area (Å²) in [6.07, 6.45) is 3.90. The highest BCUT2D eigenvalue weighted by Gasteiger charge is 2.11. The van der Waals surface area contributed by atoms with Crippen molar-refractivity contribution in [3.63, 3.8) is 0 Å². The number of aryl methyl sites for hydroxylation is 1. The number of unbranched alkanes of at least 4 members (excludes halogenated alkanes) is 1. The minimum atomic E-state index is -0.280. The predicted molar refractivity (Wildman–Crippen MR) is 101 cm³/mol. The van der Waals surface area contributed by atoms with E-state index in [0.717, 1.165) is 52.1 Å². The van der Waals surface area contributed by atoms with E-state index in [4.69, 9.17) is 9.47 Å². The number of rotatable bonds is 11. The number of Topliss-reactive ketones (excluding diaryl/α,β-unsaturated/α-hetero) is 1. The quantitative estimate of drug-likeness (QED) is 0.448. The molecule has 1 aromatic rings. The Morgan fingerprint density at radius 3 is 2.62 bits per heavy atom. The van der Waals surface area contributed by atoms with Crippen molar-refractivity contribution in [1.29, 1.82) is 0 Å². The van der Waals surface area contributed by atoms with Crippen LogP contribution in [0.4, 0.5) is 0 Å². The number of carbonyl (C=O) groups is 2. The van der Waals surface area contributed by atoms with Crippen molar-refractivity contribution in [2.45, 2.75) is 52.0 Å². The van der Waals surface area contributed by atoms with Gasteiger partial charge in [0.05, 0.1) is 26.2 Å². The molecule has 5 heteroatoms. The molecule has 1 fully saturated rings. The summed E-state index contributed by atoms with van der Waals surface area (Å²) in [5.74, 6) is -0.128. The normalized spacial score (nSPS) is 15.0. The zero-order valence-electron chi connectivity index (χ0n) is 15.9. The third-order valence-corrected chi connectivity index (χ3v) is 4.59. The number of benzene rings is 1. The fourth-order valence-electron chi connectivity index (χ4n) is 3.15. The van der Waals surface area contributed by atoms with Crippen LogP contribution in [0.15, 0.2) is 24.3 Å². The van der Waals surface area contributed by atoms with Gasteiger partial charge in [0.2, 0.25) is 0 Å².